The first kappa shape index (κ1) is 19.4. The highest BCUT2D eigenvalue weighted by molar-refractivity contribution is 5.94. The molecule has 0 bridgehead atoms. The molecule has 2 N–H and O–H groups in total. The van der Waals surface area contributed by atoms with Crippen LogP contribution in [0.15, 0.2) is 24.3 Å². The lowest BCUT2D eigenvalue weighted by atomic mass is 10.0. The van der Waals surface area contributed by atoms with E-state index in [2.05, 4.69) is 17.1 Å². The molecular formula is C19H29N3O3. The van der Waals surface area contributed by atoms with Crippen LogP contribution in [0.1, 0.15) is 32.3 Å². The Bertz CT molecular complexity index is 580. The average Bonchev–Trinajstić information content (AvgIpc) is 2.61. The number of carbonyl (C=O) groups is 2. The van der Waals surface area contributed by atoms with Crippen molar-refractivity contribution in [3.63, 3.8) is 0 Å². The molecule has 1 heterocycles. The van der Waals surface area contributed by atoms with E-state index in [4.69, 9.17) is 5.11 Å². The molecule has 0 aromatic heterocycles. The molecule has 138 valence electrons. The van der Waals surface area contributed by atoms with Crippen LogP contribution in [-0.4, -0.2) is 65.5 Å². The number of anilines is 1. The number of piperidine rings is 1. The summed E-state index contributed by atoms with van der Waals surface area (Å²) < 4.78 is 0. The summed E-state index contributed by atoms with van der Waals surface area (Å²) in [5, 5.41) is 11.9. The molecule has 0 spiro atoms. The fraction of sp³-hybridized carbons (Fsp3) is 0.579. The number of hydrogen-bond acceptors (Lipinski definition) is 4. The van der Waals surface area contributed by atoms with Gasteiger partial charge in [0.15, 0.2) is 0 Å². The van der Waals surface area contributed by atoms with Crippen LogP contribution in [0, 0.1) is 0 Å². The van der Waals surface area contributed by atoms with Gasteiger partial charge in [0.25, 0.3) is 0 Å². The Morgan fingerprint density at radius 2 is 1.88 bits per heavy atom. The molecule has 1 aromatic rings. The molecule has 1 atom stereocenters. The topological polar surface area (TPSA) is 72.9 Å². The molecule has 6 heteroatoms. The molecule has 1 unspecified atom stereocenters. The number of likely N-dealkylation sites (tertiary alicyclic amines) is 1. The third kappa shape index (κ3) is 5.54. The fourth-order valence-corrected chi connectivity index (χ4v) is 3.29. The quantitative estimate of drug-likeness (QED) is 0.790. The molecule has 1 fully saturated rings. The number of benzene rings is 1. The van der Waals surface area contributed by atoms with Gasteiger partial charge in [-0.05, 0) is 50.9 Å². The van der Waals surface area contributed by atoms with E-state index in [1.165, 1.54) is 5.56 Å². The number of nitrogens with zero attached hydrogens (tertiary/aromatic N) is 2. The number of aryl methyl sites for hydroxylation is 1. The van der Waals surface area contributed by atoms with Crippen molar-refractivity contribution in [2.75, 3.05) is 32.0 Å². The first-order valence-corrected chi connectivity index (χ1v) is 8.96. The van der Waals surface area contributed by atoms with E-state index in [1.807, 2.05) is 43.1 Å². The molecule has 25 heavy (non-hydrogen) atoms. The maximum absolute atomic E-state index is 12.5. The van der Waals surface area contributed by atoms with Crippen LogP contribution in [0.3, 0.4) is 0 Å². The Balaban J connectivity index is 1.83. The van der Waals surface area contributed by atoms with E-state index in [9.17, 15) is 9.59 Å². The Labute approximate surface area is 149 Å². The van der Waals surface area contributed by atoms with Crippen LogP contribution in [0.2, 0.25) is 0 Å². The minimum atomic E-state index is -0.799. The molecule has 1 saturated heterocycles. The number of nitrogens with one attached hydrogen (secondary N) is 1. The molecule has 1 aromatic carbocycles. The molecule has 1 aliphatic heterocycles. The second kappa shape index (κ2) is 8.97. The van der Waals surface area contributed by atoms with Crippen LogP contribution >= 0.6 is 0 Å². The van der Waals surface area contributed by atoms with E-state index in [0.717, 1.165) is 38.0 Å². The Kier molecular flexibility index (Phi) is 6.96. The van der Waals surface area contributed by atoms with E-state index < -0.39 is 5.97 Å². The zero-order valence-electron chi connectivity index (χ0n) is 15.4. The summed E-state index contributed by atoms with van der Waals surface area (Å²) in [5.41, 5.74) is 2.07. The summed E-state index contributed by atoms with van der Waals surface area (Å²) in [6.07, 6.45) is 2.75. The Hall–Kier alpha value is -1.92. The minimum absolute atomic E-state index is 0.00147. The summed E-state index contributed by atoms with van der Waals surface area (Å²) in [5.74, 6) is -0.798. The Morgan fingerprint density at radius 3 is 2.40 bits per heavy atom. The SMILES string of the molecule is CCc1ccc(NC(=O)C(C)N2CCC(N(C)CC(=O)O)CC2)cc1. The zero-order chi connectivity index (χ0) is 18.4. The lowest BCUT2D eigenvalue weighted by Gasteiger charge is -2.38. The van der Waals surface area contributed by atoms with Crippen molar-refractivity contribution in [2.24, 2.45) is 0 Å². The van der Waals surface area contributed by atoms with Crippen molar-refractivity contribution in [3.05, 3.63) is 29.8 Å². The van der Waals surface area contributed by atoms with Crippen molar-refractivity contribution < 1.29 is 14.7 Å². The number of carbonyl (C=O) groups excluding carboxylic acids is 1. The first-order valence-electron chi connectivity index (χ1n) is 8.96. The number of likely N-dealkylation sites (N-methyl/N-ethyl adjacent to an activating group) is 1. The highest BCUT2D eigenvalue weighted by Crippen LogP contribution is 2.18. The number of amides is 1. The molecular weight excluding hydrogens is 318 g/mol. The number of aliphatic carboxylic acids is 1. The summed E-state index contributed by atoms with van der Waals surface area (Å²) in [4.78, 5) is 27.4. The van der Waals surface area contributed by atoms with Crippen molar-refractivity contribution in [2.45, 2.75) is 45.2 Å². The van der Waals surface area contributed by atoms with E-state index in [1.54, 1.807) is 0 Å². The normalized spacial score (nSPS) is 17.4. The highest BCUT2D eigenvalue weighted by atomic mass is 16.4. The summed E-state index contributed by atoms with van der Waals surface area (Å²) in [6, 6.07) is 8.02. The van der Waals surface area contributed by atoms with Gasteiger partial charge in [0, 0.05) is 24.8 Å². The monoisotopic (exact) mass is 347 g/mol. The van der Waals surface area contributed by atoms with Gasteiger partial charge in [-0.3, -0.25) is 19.4 Å². The van der Waals surface area contributed by atoms with E-state index >= 15 is 0 Å². The lowest BCUT2D eigenvalue weighted by Crippen LogP contribution is -2.50. The molecule has 0 aliphatic carbocycles. The number of carboxylic acid groups (broad SMARTS) is 1. The van der Waals surface area contributed by atoms with Gasteiger partial charge >= 0.3 is 5.97 Å². The lowest BCUT2D eigenvalue weighted by molar-refractivity contribution is -0.138. The fourth-order valence-electron chi connectivity index (χ4n) is 3.29. The third-order valence-corrected chi connectivity index (χ3v) is 5.06. The highest BCUT2D eigenvalue weighted by Gasteiger charge is 2.28. The smallest absolute Gasteiger partial charge is 0.317 e. The third-order valence-electron chi connectivity index (χ3n) is 5.06. The standard InChI is InChI=1S/C19H29N3O3/c1-4-15-5-7-16(8-6-15)20-19(25)14(2)22-11-9-17(10-12-22)21(3)13-18(23)24/h5-8,14,17H,4,9-13H2,1-3H3,(H,20,25)(H,23,24). The number of carboxylic acids is 1. The second-order valence-corrected chi connectivity index (χ2v) is 6.79. The van der Waals surface area contributed by atoms with Gasteiger partial charge in [0.2, 0.25) is 5.91 Å². The number of rotatable bonds is 7. The van der Waals surface area contributed by atoms with Crippen molar-refractivity contribution in [1.82, 2.24) is 9.80 Å². The van der Waals surface area contributed by atoms with Crippen LogP contribution in [-0.2, 0) is 16.0 Å². The molecule has 0 radical (unpaired) electrons. The summed E-state index contributed by atoms with van der Waals surface area (Å²) in [6.45, 7) is 5.70. The van der Waals surface area contributed by atoms with Gasteiger partial charge < -0.3 is 10.4 Å². The van der Waals surface area contributed by atoms with Crippen molar-refractivity contribution >= 4 is 17.6 Å². The molecule has 0 saturated carbocycles. The average molecular weight is 347 g/mol. The van der Waals surface area contributed by atoms with Crippen LogP contribution in [0.4, 0.5) is 5.69 Å². The van der Waals surface area contributed by atoms with Gasteiger partial charge in [0.05, 0.1) is 12.6 Å². The maximum atomic E-state index is 12.5. The number of hydrogen-bond donors (Lipinski definition) is 2. The van der Waals surface area contributed by atoms with Gasteiger partial charge in [-0.2, -0.15) is 0 Å². The van der Waals surface area contributed by atoms with Gasteiger partial charge in [-0.15, -0.1) is 0 Å². The van der Waals surface area contributed by atoms with Gasteiger partial charge in [-0.1, -0.05) is 19.1 Å². The van der Waals surface area contributed by atoms with Crippen molar-refractivity contribution in [3.8, 4) is 0 Å². The Morgan fingerprint density at radius 1 is 1.28 bits per heavy atom. The first-order chi connectivity index (χ1) is 11.9. The van der Waals surface area contributed by atoms with Crippen LogP contribution in [0.25, 0.3) is 0 Å². The molecule has 1 amide bonds. The minimum Gasteiger partial charge on any atom is -0.480 e. The van der Waals surface area contributed by atoms with Crippen LogP contribution < -0.4 is 5.32 Å². The zero-order valence-corrected chi connectivity index (χ0v) is 15.4. The largest absolute Gasteiger partial charge is 0.480 e. The van der Waals surface area contributed by atoms with Crippen LogP contribution in [0.5, 0.6) is 0 Å². The molecule has 2 rings (SSSR count). The van der Waals surface area contributed by atoms with Gasteiger partial charge in [0.1, 0.15) is 0 Å². The van der Waals surface area contributed by atoms with Gasteiger partial charge in [-0.25, -0.2) is 0 Å². The summed E-state index contributed by atoms with van der Waals surface area (Å²) >= 11 is 0. The van der Waals surface area contributed by atoms with E-state index in [0.29, 0.717) is 0 Å². The molecule has 6 nitrogen and oxygen atoms in total. The predicted octanol–water partition coefficient (Wildman–Crippen LogP) is 2.06. The summed E-state index contributed by atoms with van der Waals surface area (Å²) in [7, 11) is 1.85. The predicted molar refractivity (Wildman–Crippen MR) is 98.8 cm³/mol. The van der Waals surface area contributed by atoms with Crippen molar-refractivity contribution in [1.29, 1.82) is 0 Å². The van der Waals surface area contributed by atoms with E-state index in [-0.39, 0.29) is 24.5 Å². The molecule has 1 aliphatic rings. The maximum Gasteiger partial charge on any atom is 0.317 e. The second-order valence-electron chi connectivity index (χ2n) is 6.79.